The summed E-state index contributed by atoms with van der Waals surface area (Å²) in [4.78, 5) is 23.1. The van der Waals surface area contributed by atoms with Gasteiger partial charge in [-0.2, -0.15) is 5.10 Å². The second-order valence-corrected chi connectivity index (χ2v) is 3.58. The molecule has 1 heterocycles. The van der Waals surface area contributed by atoms with E-state index in [-0.39, 0.29) is 23.8 Å². The quantitative estimate of drug-likeness (QED) is 0.464. The zero-order valence-electron chi connectivity index (χ0n) is 11.3. The molecule has 0 aromatic carbocycles. The summed E-state index contributed by atoms with van der Waals surface area (Å²) in [6, 6.07) is 0. The predicted octanol–water partition coefficient (Wildman–Crippen LogP) is 0.0975. The highest BCUT2D eigenvalue weighted by Crippen LogP contribution is 2.14. The molecule has 0 radical (unpaired) electrons. The number of esters is 1. The van der Waals surface area contributed by atoms with Crippen LogP contribution < -0.4 is 10.2 Å². The molecule has 0 saturated carbocycles. The van der Waals surface area contributed by atoms with Crippen LogP contribution in [0.1, 0.15) is 24.2 Å². The molecular weight excluding hydrogens is 252 g/mol. The fourth-order valence-corrected chi connectivity index (χ4v) is 1.25. The molecule has 0 spiro atoms. The van der Waals surface area contributed by atoms with E-state index in [4.69, 9.17) is 9.47 Å². The Hall–Kier alpha value is -2.38. The topological polar surface area (TPSA) is 94.8 Å². The van der Waals surface area contributed by atoms with Gasteiger partial charge in [-0.3, -0.25) is 9.48 Å². The number of hydrazone groups is 1. The number of nitrogens with one attached hydrogen (secondary N) is 1. The van der Waals surface area contributed by atoms with Gasteiger partial charge in [-0.25, -0.2) is 10.2 Å². The van der Waals surface area contributed by atoms with E-state index >= 15 is 0 Å². The number of ether oxygens (including phenoxy) is 2. The standard InChI is InChI=1S/C11H16N4O4/c1-5-19-11(17)7(2)12-13-9(16)8-6-15(3)14-10(8)18-4/h6H,5H2,1-4H3,(H,13,16)/b12-7+. The number of carbonyl (C=O) groups is 2. The zero-order valence-corrected chi connectivity index (χ0v) is 11.3. The molecule has 0 saturated heterocycles. The Morgan fingerprint density at radius 1 is 1.53 bits per heavy atom. The van der Waals surface area contributed by atoms with Crippen molar-refractivity contribution in [2.24, 2.45) is 12.1 Å². The Balaban J connectivity index is 2.74. The number of hydrogen-bond acceptors (Lipinski definition) is 6. The van der Waals surface area contributed by atoms with Crippen molar-refractivity contribution in [3.05, 3.63) is 11.8 Å². The molecule has 0 atom stereocenters. The molecule has 0 aliphatic carbocycles. The minimum absolute atomic E-state index is 0.0538. The molecule has 0 aliphatic rings. The van der Waals surface area contributed by atoms with Crippen LogP contribution in [-0.4, -0.2) is 41.1 Å². The maximum absolute atomic E-state index is 11.8. The molecule has 1 amide bonds. The van der Waals surface area contributed by atoms with Crippen molar-refractivity contribution in [2.75, 3.05) is 13.7 Å². The van der Waals surface area contributed by atoms with Crippen LogP contribution in [0, 0.1) is 0 Å². The molecule has 8 heteroatoms. The fourth-order valence-electron chi connectivity index (χ4n) is 1.25. The summed E-state index contributed by atoms with van der Waals surface area (Å²) in [7, 11) is 3.07. The summed E-state index contributed by atoms with van der Waals surface area (Å²) in [5.41, 5.74) is 2.52. The van der Waals surface area contributed by atoms with Gasteiger partial charge in [-0.05, 0) is 13.8 Å². The van der Waals surface area contributed by atoms with Gasteiger partial charge in [0.2, 0.25) is 5.88 Å². The molecule has 8 nitrogen and oxygen atoms in total. The van der Waals surface area contributed by atoms with Crippen molar-refractivity contribution < 1.29 is 19.1 Å². The number of carbonyl (C=O) groups excluding carboxylic acids is 2. The van der Waals surface area contributed by atoms with Crippen LogP contribution in [0.5, 0.6) is 5.88 Å². The third kappa shape index (κ3) is 3.80. The summed E-state index contributed by atoms with van der Waals surface area (Å²) in [5.74, 6) is -0.918. The molecule has 1 aromatic heterocycles. The summed E-state index contributed by atoms with van der Waals surface area (Å²) in [6.07, 6.45) is 1.49. The number of rotatable bonds is 5. The highest BCUT2D eigenvalue weighted by atomic mass is 16.5. The maximum atomic E-state index is 11.8. The lowest BCUT2D eigenvalue weighted by Gasteiger charge is -2.02. The van der Waals surface area contributed by atoms with Crippen LogP contribution in [0.3, 0.4) is 0 Å². The molecule has 0 unspecified atom stereocenters. The summed E-state index contributed by atoms with van der Waals surface area (Å²) in [5, 5.41) is 7.59. The first-order valence-electron chi connectivity index (χ1n) is 5.59. The Labute approximate surface area is 110 Å². The van der Waals surface area contributed by atoms with Crippen molar-refractivity contribution in [1.29, 1.82) is 0 Å². The molecule has 1 N–H and O–H groups in total. The fraction of sp³-hybridized carbons (Fsp3) is 0.455. The Morgan fingerprint density at radius 3 is 2.79 bits per heavy atom. The molecule has 0 aliphatic heterocycles. The van der Waals surface area contributed by atoms with E-state index in [1.165, 1.54) is 24.9 Å². The largest absolute Gasteiger partial charge is 0.479 e. The van der Waals surface area contributed by atoms with Crippen molar-refractivity contribution in [3.8, 4) is 5.88 Å². The van der Waals surface area contributed by atoms with Gasteiger partial charge in [0.15, 0.2) is 0 Å². The van der Waals surface area contributed by atoms with Gasteiger partial charge in [0.1, 0.15) is 11.3 Å². The third-order valence-corrected chi connectivity index (χ3v) is 2.13. The zero-order chi connectivity index (χ0) is 14.4. The second kappa shape index (κ2) is 6.53. The van der Waals surface area contributed by atoms with E-state index in [0.717, 1.165) is 0 Å². The Bertz CT molecular complexity index is 507. The minimum atomic E-state index is -0.582. The molecular formula is C11H16N4O4. The van der Waals surface area contributed by atoms with E-state index in [1.807, 2.05) is 0 Å². The third-order valence-electron chi connectivity index (χ3n) is 2.13. The monoisotopic (exact) mass is 268 g/mol. The summed E-state index contributed by atoms with van der Waals surface area (Å²) < 4.78 is 11.1. The Kier molecular flexibility index (Phi) is 5.04. The van der Waals surface area contributed by atoms with Crippen LogP contribution >= 0.6 is 0 Å². The SMILES string of the molecule is CCOC(=O)/C(C)=N/NC(=O)c1cn(C)nc1OC. The van der Waals surface area contributed by atoms with Gasteiger partial charge in [0.05, 0.1) is 13.7 Å². The summed E-state index contributed by atoms with van der Waals surface area (Å²) in [6.45, 7) is 3.37. The smallest absolute Gasteiger partial charge is 0.354 e. The number of aromatic nitrogens is 2. The number of nitrogens with zero attached hydrogens (tertiary/aromatic N) is 3. The van der Waals surface area contributed by atoms with Crippen LogP contribution in [0.2, 0.25) is 0 Å². The number of amides is 1. The first-order valence-corrected chi connectivity index (χ1v) is 5.59. The first-order chi connectivity index (χ1) is 8.99. The van der Waals surface area contributed by atoms with Gasteiger partial charge in [-0.15, -0.1) is 5.10 Å². The lowest BCUT2D eigenvalue weighted by molar-refractivity contribution is -0.135. The van der Waals surface area contributed by atoms with Crippen molar-refractivity contribution >= 4 is 17.6 Å². The van der Waals surface area contributed by atoms with Gasteiger partial charge in [0.25, 0.3) is 5.91 Å². The Morgan fingerprint density at radius 2 is 2.21 bits per heavy atom. The molecule has 1 rings (SSSR count). The van der Waals surface area contributed by atoms with Crippen molar-refractivity contribution in [1.82, 2.24) is 15.2 Å². The summed E-state index contributed by atoms with van der Waals surface area (Å²) >= 11 is 0. The van der Waals surface area contributed by atoms with Crippen LogP contribution in [-0.2, 0) is 16.6 Å². The van der Waals surface area contributed by atoms with Crippen LogP contribution in [0.15, 0.2) is 11.3 Å². The van der Waals surface area contributed by atoms with Gasteiger partial charge >= 0.3 is 5.97 Å². The average molecular weight is 268 g/mol. The van der Waals surface area contributed by atoms with Crippen LogP contribution in [0.25, 0.3) is 0 Å². The van der Waals surface area contributed by atoms with E-state index in [1.54, 1.807) is 14.0 Å². The number of methoxy groups -OCH3 is 1. The lowest BCUT2D eigenvalue weighted by Crippen LogP contribution is -2.23. The van der Waals surface area contributed by atoms with Crippen molar-refractivity contribution in [3.63, 3.8) is 0 Å². The van der Waals surface area contributed by atoms with E-state index in [0.29, 0.717) is 0 Å². The van der Waals surface area contributed by atoms with E-state index in [9.17, 15) is 9.59 Å². The van der Waals surface area contributed by atoms with Crippen molar-refractivity contribution in [2.45, 2.75) is 13.8 Å². The minimum Gasteiger partial charge on any atom is -0.479 e. The number of hydrogen-bond donors (Lipinski definition) is 1. The molecule has 1 aromatic rings. The van der Waals surface area contributed by atoms with Gasteiger partial charge < -0.3 is 9.47 Å². The second-order valence-electron chi connectivity index (χ2n) is 3.58. The molecule has 19 heavy (non-hydrogen) atoms. The van der Waals surface area contributed by atoms with E-state index < -0.39 is 11.9 Å². The molecule has 0 fully saturated rings. The van der Waals surface area contributed by atoms with E-state index in [2.05, 4.69) is 15.6 Å². The predicted molar refractivity (Wildman–Crippen MR) is 67.0 cm³/mol. The highest BCUT2D eigenvalue weighted by molar-refractivity contribution is 6.35. The van der Waals surface area contributed by atoms with Crippen LogP contribution in [0.4, 0.5) is 0 Å². The molecule has 0 bridgehead atoms. The highest BCUT2D eigenvalue weighted by Gasteiger charge is 2.16. The lowest BCUT2D eigenvalue weighted by atomic mass is 10.3. The number of aryl methyl sites for hydroxylation is 1. The first kappa shape index (κ1) is 14.7. The molecule has 104 valence electrons. The average Bonchev–Trinajstić information content (AvgIpc) is 2.77. The maximum Gasteiger partial charge on any atom is 0.354 e. The van der Waals surface area contributed by atoms with Gasteiger partial charge in [-0.1, -0.05) is 0 Å². The normalized spacial score (nSPS) is 11.1. The van der Waals surface area contributed by atoms with Gasteiger partial charge in [0, 0.05) is 13.2 Å².